The molecule has 1 aliphatic rings. The zero-order valence-corrected chi connectivity index (χ0v) is 8.83. The summed E-state index contributed by atoms with van der Waals surface area (Å²) in [5, 5.41) is 9.89. The largest absolute Gasteiger partial charge is 0.390 e. The number of hydrogen-bond donors (Lipinski definition) is 2. The van der Waals surface area contributed by atoms with Crippen LogP contribution in [0.4, 0.5) is 4.39 Å². The van der Waals surface area contributed by atoms with E-state index >= 15 is 0 Å². The fourth-order valence-corrected chi connectivity index (χ4v) is 2.38. The lowest BCUT2D eigenvalue weighted by Gasteiger charge is -2.26. The molecule has 1 aromatic carbocycles. The van der Waals surface area contributed by atoms with Crippen molar-refractivity contribution in [1.29, 1.82) is 0 Å². The summed E-state index contributed by atoms with van der Waals surface area (Å²) in [6.45, 7) is 1.80. The monoisotopic (exact) mass is 209 g/mol. The van der Waals surface area contributed by atoms with Gasteiger partial charge in [-0.05, 0) is 43.9 Å². The van der Waals surface area contributed by atoms with E-state index in [1.165, 1.54) is 12.1 Å². The van der Waals surface area contributed by atoms with Crippen LogP contribution in [0.25, 0.3) is 0 Å². The molecular weight excluding hydrogens is 193 g/mol. The molecular formula is C12H16FNO. The van der Waals surface area contributed by atoms with Crippen LogP contribution >= 0.6 is 0 Å². The average Bonchev–Trinajstić information content (AvgIpc) is 2.43. The second-order valence-corrected chi connectivity index (χ2v) is 4.84. The SMILES string of the molecule is CC1(O)CCC(N)(c2ccc(F)cc2)C1. The van der Waals surface area contributed by atoms with E-state index < -0.39 is 11.1 Å². The number of hydrogen-bond acceptors (Lipinski definition) is 2. The Morgan fingerprint density at radius 2 is 1.87 bits per heavy atom. The zero-order valence-electron chi connectivity index (χ0n) is 8.83. The lowest BCUT2D eigenvalue weighted by Crippen LogP contribution is -2.36. The quantitative estimate of drug-likeness (QED) is 0.742. The second kappa shape index (κ2) is 3.29. The smallest absolute Gasteiger partial charge is 0.123 e. The van der Waals surface area contributed by atoms with Crippen molar-refractivity contribution in [3.05, 3.63) is 35.6 Å². The van der Waals surface area contributed by atoms with E-state index in [0.717, 1.165) is 12.0 Å². The van der Waals surface area contributed by atoms with Crippen molar-refractivity contribution in [3.63, 3.8) is 0 Å². The first-order valence-corrected chi connectivity index (χ1v) is 5.19. The number of halogens is 1. The van der Waals surface area contributed by atoms with Crippen LogP contribution in [0, 0.1) is 5.82 Å². The molecule has 1 aromatic rings. The van der Waals surface area contributed by atoms with Gasteiger partial charge in [-0.25, -0.2) is 4.39 Å². The summed E-state index contributed by atoms with van der Waals surface area (Å²) in [4.78, 5) is 0. The predicted molar refractivity (Wildman–Crippen MR) is 56.7 cm³/mol. The zero-order chi connectivity index (χ0) is 11.1. The lowest BCUT2D eigenvalue weighted by molar-refractivity contribution is 0.0611. The van der Waals surface area contributed by atoms with E-state index in [0.29, 0.717) is 12.8 Å². The van der Waals surface area contributed by atoms with Gasteiger partial charge in [0.15, 0.2) is 0 Å². The number of rotatable bonds is 1. The predicted octanol–water partition coefficient (Wildman–Crippen LogP) is 1.91. The molecule has 2 nitrogen and oxygen atoms in total. The maximum atomic E-state index is 12.8. The first kappa shape index (κ1) is 10.6. The molecule has 2 atom stereocenters. The van der Waals surface area contributed by atoms with Crippen LogP contribution in [0.3, 0.4) is 0 Å². The molecule has 1 fully saturated rings. The Bertz CT molecular complexity index is 360. The van der Waals surface area contributed by atoms with Crippen LogP contribution in [0.1, 0.15) is 31.7 Å². The third-order valence-corrected chi connectivity index (χ3v) is 3.23. The molecule has 82 valence electrons. The minimum atomic E-state index is -0.691. The molecule has 3 heteroatoms. The summed E-state index contributed by atoms with van der Waals surface area (Å²) in [5.41, 5.74) is 5.93. The topological polar surface area (TPSA) is 46.2 Å². The Morgan fingerprint density at radius 1 is 1.27 bits per heavy atom. The van der Waals surface area contributed by atoms with Crippen LogP contribution in [0.15, 0.2) is 24.3 Å². The van der Waals surface area contributed by atoms with Gasteiger partial charge in [-0.2, -0.15) is 0 Å². The molecule has 0 aliphatic heterocycles. The maximum Gasteiger partial charge on any atom is 0.123 e. The molecule has 0 bridgehead atoms. The number of aliphatic hydroxyl groups is 1. The van der Waals surface area contributed by atoms with Crippen molar-refractivity contribution in [3.8, 4) is 0 Å². The fraction of sp³-hybridized carbons (Fsp3) is 0.500. The van der Waals surface area contributed by atoms with E-state index in [1.54, 1.807) is 19.1 Å². The second-order valence-electron chi connectivity index (χ2n) is 4.84. The van der Waals surface area contributed by atoms with Crippen LogP contribution in [0.5, 0.6) is 0 Å². The first-order chi connectivity index (χ1) is 6.91. The van der Waals surface area contributed by atoms with Gasteiger partial charge in [0.1, 0.15) is 5.82 Å². The van der Waals surface area contributed by atoms with E-state index in [4.69, 9.17) is 5.73 Å². The van der Waals surface area contributed by atoms with Crippen molar-refractivity contribution in [1.82, 2.24) is 0 Å². The van der Waals surface area contributed by atoms with Crippen molar-refractivity contribution in [2.24, 2.45) is 5.73 Å². The molecule has 0 radical (unpaired) electrons. The van der Waals surface area contributed by atoms with Crippen molar-refractivity contribution in [2.45, 2.75) is 37.3 Å². The van der Waals surface area contributed by atoms with E-state index in [-0.39, 0.29) is 5.82 Å². The summed E-state index contributed by atoms with van der Waals surface area (Å²) in [6, 6.07) is 6.24. The standard InChI is InChI=1S/C12H16FNO/c1-11(15)6-7-12(14,8-11)9-2-4-10(13)5-3-9/h2-5,15H,6-8,14H2,1H3. The van der Waals surface area contributed by atoms with Gasteiger partial charge >= 0.3 is 0 Å². The molecule has 0 aromatic heterocycles. The highest BCUT2D eigenvalue weighted by Gasteiger charge is 2.42. The van der Waals surface area contributed by atoms with Gasteiger partial charge in [-0.3, -0.25) is 0 Å². The average molecular weight is 209 g/mol. The Kier molecular flexibility index (Phi) is 2.32. The molecule has 0 amide bonds. The van der Waals surface area contributed by atoms with E-state index in [1.807, 2.05) is 0 Å². The number of benzene rings is 1. The van der Waals surface area contributed by atoms with Crippen LogP contribution < -0.4 is 5.73 Å². The van der Waals surface area contributed by atoms with Crippen LogP contribution in [-0.4, -0.2) is 10.7 Å². The Balaban J connectivity index is 2.27. The molecule has 0 saturated heterocycles. The minimum absolute atomic E-state index is 0.257. The third kappa shape index (κ3) is 2.03. The number of nitrogens with two attached hydrogens (primary N) is 1. The van der Waals surface area contributed by atoms with Gasteiger partial charge < -0.3 is 10.8 Å². The third-order valence-electron chi connectivity index (χ3n) is 3.23. The Hall–Kier alpha value is -0.930. The van der Waals surface area contributed by atoms with Gasteiger partial charge in [0.2, 0.25) is 0 Å². The molecule has 0 heterocycles. The fourth-order valence-electron chi connectivity index (χ4n) is 2.38. The van der Waals surface area contributed by atoms with Crippen molar-refractivity contribution < 1.29 is 9.50 Å². The molecule has 2 unspecified atom stereocenters. The lowest BCUT2D eigenvalue weighted by atomic mass is 9.88. The molecule has 1 aliphatic carbocycles. The van der Waals surface area contributed by atoms with Gasteiger partial charge in [0.25, 0.3) is 0 Å². The van der Waals surface area contributed by atoms with Gasteiger partial charge in [0, 0.05) is 5.54 Å². The summed E-state index contributed by atoms with van der Waals surface area (Å²) in [7, 11) is 0. The summed E-state index contributed by atoms with van der Waals surface area (Å²) >= 11 is 0. The molecule has 0 spiro atoms. The highest BCUT2D eigenvalue weighted by atomic mass is 19.1. The minimum Gasteiger partial charge on any atom is -0.390 e. The van der Waals surface area contributed by atoms with E-state index in [2.05, 4.69) is 0 Å². The van der Waals surface area contributed by atoms with E-state index in [9.17, 15) is 9.50 Å². The first-order valence-electron chi connectivity index (χ1n) is 5.19. The highest BCUT2D eigenvalue weighted by Crippen LogP contribution is 2.42. The van der Waals surface area contributed by atoms with Crippen LogP contribution in [0.2, 0.25) is 0 Å². The highest BCUT2D eigenvalue weighted by molar-refractivity contribution is 5.27. The summed E-state index contributed by atoms with van der Waals surface area (Å²) in [6.07, 6.45) is 1.97. The molecule has 2 rings (SSSR count). The molecule has 1 saturated carbocycles. The van der Waals surface area contributed by atoms with Crippen LogP contribution in [-0.2, 0) is 5.54 Å². The van der Waals surface area contributed by atoms with Gasteiger partial charge in [0.05, 0.1) is 5.60 Å². The normalized spacial score (nSPS) is 35.7. The Labute approximate surface area is 88.9 Å². The Morgan fingerprint density at radius 3 is 2.33 bits per heavy atom. The van der Waals surface area contributed by atoms with Gasteiger partial charge in [-0.15, -0.1) is 0 Å². The van der Waals surface area contributed by atoms with Crippen molar-refractivity contribution in [2.75, 3.05) is 0 Å². The molecule has 3 N–H and O–H groups in total. The van der Waals surface area contributed by atoms with Crippen molar-refractivity contribution >= 4 is 0 Å². The summed E-state index contributed by atoms with van der Waals surface area (Å²) < 4.78 is 12.8. The molecule has 15 heavy (non-hydrogen) atoms. The van der Waals surface area contributed by atoms with Gasteiger partial charge in [-0.1, -0.05) is 12.1 Å². The maximum absolute atomic E-state index is 12.8. The summed E-state index contributed by atoms with van der Waals surface area (Å²) in [5.74, 6) is -0.257.